The van der Waals surface area contributed by atoms with E-state index in [1.54, 1.807) is 7.11 Å². The molecule has 1 N–H and O–H groups in total. The van der Waals surface area contributed by atoms with Crippen molar-refractivity contribution in [3.63, 3.8) is 0 Å². The van der Waals surface area contributed by atoms with Gasteiger partial charge < -0.3 is 9.84 Å². The van der Waals surface area contributed by atoms with Crippen molar-refractivity contribution >= 4 is 0 Å². The lowest BCUT2D eigenvalue weighted by molar-refractivity contribution is -0.0560. The second-order valence-corrected chi connectivity index (χ2v) is 9.50. The lowest BCUT2D eigenvalue weighted by Gasteiger charge is -2.60. The van der Waals surface area contributed by atoms with Crippen molar-refractivity contribution in [2.75, 3.05) is 20.2 Å². The van der Waals surface area contributed by atoms with Gasteiger partial charge in [-0.25, -0.2) is 0 Å². The van der Waals surface area contributed by atoms with E-state index >= 15 is 0 Å². The Kier molecular flexibility index (Phi) is 3.02. The van der Waals surface area contributed by atoms with Crippen molar-refractivity contribution in [2.45, 2.75) is 56.1 Å². The van der Waals surface area contributed by atoms with Crippen LogP contribution in [0.15, 0.2) is 18.2 Å². The Balaban J connectivity index is 1.47. The number of benzene rings is 1. The highest BCUT2D eigenvalue weighted by molar-refractivity contribution is 5.47. The lowest BCUT2D eigenvalue weighted by atomic mass is 9.51. The molecular weight excluding hydrogens is 310 g/mol. The molecule has 3 saturated carbocycles. The largest absolute Gasteiger partial charge is 0.497 e. The number of piperidine rings is 1. The smallest absolute Gasteiger partial charge is 0.119 e. The van der Waals surface area contributed by atoms with E-state index in [1.165, 1.54) is 56.3 Å². The predicted molar refractivity (Wildman–Crippen MR) is 96.8 cm³/mol. The summed E-state index contributed by atoms with van der Waals surface area (Å²) in [7, 11) is 1.77. The van der Waals surface area contributed by atoms with Gasteiger partial charge in [-0.2, -0.15) is 0 Å². The van der Waals surface area contributed by atoms with E-state index in [0.717, 1.165) is 29.9 Å². The summed E-state index contributed by atoms with van der Waals surface area (Å²) < 4.78 is 5.57. The molecule has 134 valence electrons. The molecule has 1 saturated heterocycles. The summed E-state index contributed by atoms with van der Waals surface area (Å²) in [5, 5.41) is 10.8. The van der Waals surface area contributed by atoms with Crippen LogP contribution in [-0.4, -0.2) is 42.4 Å². The topological polar surface area (TPSA) is 32.7 Å². The zero-order valence-corrected chi connectivity index (χ0v) is 15.2. The monoisotopic (exact) mass is 339 g/mol. The van der Waals surface area contributed by atoms with Gasteiger partial charge in [0, 0.05) is 18.0 Å². The molecule has 1 heterocycles. The Bertz CT molecular complexity index is 714. The molecule has 0 amide bonds. The summed E-state index contributed by atoms with van der Waals surface area (Å²) in [6.07, 6.45) is 7.47. The van der Waals surface area contributed by atoms with E-state index in [2.05, 4.69) is 23.1 Å². The van der Waals surface area contributed by atoms with Crippen molar-refractivity contribution in [2.24, 2.45) is 23.7 Å². The second kappa shape index (κ2) is 5.01. The van der Waals surface area contributed by atoms with Crippen LogP contribution in [0.3, 0.4) is 0 Å². The number of rotatable bonds is 3. The molecule has 0 radical (unpaired) electrons. The fourth-order valence-corrected chi connectivity index (χ4v) is 6.91. The number of ether oxygens (including phenoxy) is 1. The van der Waals surface area contributed by atoms with E-state index in [-0.39, 0.29) is 11.5 Å². The maximum Gasteiger partial charge on any atom is 0.119 e. The van der Waals surface area contributed by atoms with Gasteiger partial charge in [-0.15, -0.1) is 0 Å². The molecule has 4 unspecified atom stereocenters. The van der Waals surface area contributed by atoms with Crippen LogP contribution in [0, 0.1) is 23.7 Å². The van der Waals surface area contributed by atoms with Crippen molar-refractivity contribution in [3.8, 4) is 5.75 Å². The average Bonchev–Trinajstić information content (AvgIpc) is 3.51. The first-order chi connectivity index (χ1) is 12.2. The van der Waals surface area contributed by atoms with Gasteiger partial charge in [-0.1, -0.05) is 6.07 Å². The SMILES string of the molecule is COc1ccc2c(c1)[C@]13CCN(CC4CC4)[C@H](C2)C1C1CC1C(O)C3. The Morgan fingerprint density at radius 1 is 1.28 bits per heavy atom. The highest BCUT2D eigenvalue weighted by Gasteiger charge is 2.66. The summed E-state index contributed by atoms with van der Waals surface area (Å²) in [5.74, 6) is 4.06. The molecular formula is C22H29NO2. The molecule has 1 aliphatic heterocycles. The standard InChI is InChI=1S/C22H29NO2/c1-25-15-5-4-14-8-19-21-17-10-16(17)20(24)11-22(21,18(14)9-15)6-7-23(19)12-13-2-3-13/h4-5,9,13,16-17,19-21,24H,2-3,6-8,10-12H2,1H3/t16?,17?,19-,20?,21?,22-/m1/s1. The maximum atomic E-state index is 10.8. The first-order valence-corrected chi connectivity index (χ1v) is 10.3. The second-order valence-electron chi connectivity index (χ2n) is 9.50. The van der Waals surface area contributed by atoms with Gasteiger partial charge in [0.1, 0.15) is 5.75 Å². The Hall–Kier alpha value is -1.06. The summed E-state index contributed by atoms with van der Waals surface area (Å²) in [4.78, 5) is 2.85. The Labute approximate surface area is 150 Å². The number of fused-ring (bicyclic) bond motifs is 2. The highest BCUT2D eigenvalue weighted by Crippen LogP contribution is 2.66. The van der Waals surface area contributed by atoms with Gasteiger partial charge in [-0.3, -0.25) is 4.90 Å². The third kappa shape index (κ3) is 2.06. The fourth-order valence-electron chi connectivity index (χ4n) is 6.91. The van der Waals surface area contributed by atoms with E-state index in [1.807, 2.05) is 0 Å². The normalized spacial score (nSPS) is 44.5. The fraction of sp³-hybridized carbons (Fsp3) is 0.727. The van der Waals surface area contributed by atoms with Gasteiger partial charge in [0.15, 0.2) is 0 Å². The van der Waals surface area contributed by atoms with E-state index in [4.69, 9.17) is 4.74 Å². The minimum Gasteiger partial charge on any atom is -0.497 e. The van der Waals surface area contributed by atoms with Crippen LogP contribution in [0.1, 0.15) is 43.2 Å². The number of aliphatic hydroxyl groups excluding tert-OH is 1. The molecule has 4 aliphatic carbocycles. The van der Waals surface area contributed by atoms with Crippen molar-refractivity contribution in [1.82, 2.24) is 4.90 Å². The zero-order chi connectivity index (χ0) is 16.8. The molecule has 3 nitrogen and oxygen atoms in total. The third-order valence-electron chi connectivity index (χ3n) is 8.26. The molecule has 6 rings (SSSR count). The molecule has 0 aromatic heterocycles. The molecule has 1 aromatic rings. The van der Waals surface area contributed by atoms with Gasteiger partial charge in [0.2, 0.25) is 0 Å². The number of hydrogen-bond acceptors (Lipinski definition) is 3. The first-order valence-electron chi connectivity index (χ1n) is 10.3. The summed E-state index contributed by atoms with van der Waals surface area (Å²) in [5.41, 5.74) is 3.24. The predicted octanol–water partition coefficient (Wildman–Crippen LogP) is 2.99. The van der Waals surface area contributed by atoms with Crippen molar-refractivity contribution < 1.29 is 9.84 Å². The number of methoxy groups -OCH3 is 1. The third-order valence-corrected chi connectivity index (χ3v) is 8.26. The maximum absolute atomic E-state index is 10.8. The summed E-state index contributed by atoms with van der Waals surface area (Å²) >= 11 is 0. The molecule has 2 bridgehead atoms. The molecule has 6 atom stereocenters. The zero-order valence-electron chi connectivity index (χ0n) is 15.2. The Morgan fingerprint density at radius 2 is 2.16 bits per heavy atom. The van der Waals surface area contributed by atoms with Crippen LogP contribution in [-0.2, 0) is 11.8 Å². The van der Waals surface area contributed by atoms with E-state index < -0.39 is 0 Å². The number of nitrogens with zero attached hydrogens (tertiary/aromatic N) is 1. The van der Waals surface area contributed by atoms with Gasteiger partial charge in [0.25, 0.3) is 0 Å². The van der Waals surface area contributed by atoms with Crippen LogP contribution >= 0.6 is 0 Å². The minimum atomic E-state index is -0.0889. The van der Waals surface area contributed by atoms with Crippen LogP contribution in [0.25, 0.3) is 0 Å². The van der Waals surface area contributed by atoms with Crippen molar-refractivity contribution in [3.05, 3.63) is 29.3 Å². The molecule has 3 heteroatoms. The highest BCUT2D eigenvalue weighted by atomic mass is 16.5. The molecule has 25 heavy (non-hydrogen) atoms. The quantitative estimate of drug-likeness (QED) is 0.919. The van der Waals surface area contributed by atoms with Crippen LogP contribution in [0.4, 0.5) is 0 Å². The Morgan fingerprint density at radius 3 is 2.96 bits per heavy atom. The van der Waals surface area contributed by atoms with Gasteiger partial charge in [0.05, 0.1) is 13.2 Å². The van der Waals surface area contributed by atoms with E-state index in [9.17, 15) is 5.11 Å². The summed E-state index contributed by atoms with van der Waals surface area (Å²) in [6.45, 7) is 2.54. The molecule has 0 spiro atoms. The lowest BCUT2D eigenvalue weighted by Crippen LogP contribution is -2.63. The van der Waals surface area contributed by atoms with Crippen LogP contribution in [0.2, 0.25) is 0 Å². The number of aliphatic hydroxyl groups is 1. The van der Waals surface area contributed by atoms with Crippen molar-refractivity contribution in [1.29, 1.82) is 0 Å². The molecule has 4 fully saturated rings. The van der Waals surface area contributed by atoms with Crippen LogP contribution in [0.5, 0.6) is 5.75 Å². The molecule has 1 aromatic carbocycles. The van der Waals surface area contributed by atoms with E-state index in [0.29, 0.717) is 12.0 Å². The number of hydrogen-bond donors (Lipinski definition) is 1. The van der Waals surface area contributed by atoms with Crippen LogP contribution < -0.4 is 4.74 Å². The molecule has 5 aliphatic rings. The number of likely N-dealkylation sites (tertiary alicyclic amines) is 1. The van der Waals surface area contributed by atoms with Gasteiger partial charge >= 0.3 is 0 Å². The first kappa shape index (κ1) is 15.0. The van der Waals surface area contributed by atoms with Gasteiger partial charge in [-0.05, 0) is 92.0 Å². The summed E-state index contributed by atoms with van der Waals surface area (Å²) in [6, 6.07) is 7.46. The minimum absolute atomic E-state index is 0.0889. The average molecular weight is 339 g/mol.